The highest BCUT2D eigenvalue weighted by molar-refractivity contribution is 5.78. The molecule has 8 saturated carbocycles. The van der Waals surface area contributed by atoms with Gasteiger partial charge < -0.3 is 9.47 Å². The van der Waals surface area contributed by atoms with E-state index < -0.39 is 5.41 Å². The second-order valence-electron chi connectivity index (χ2n) is 13.3. The van der Waals surface area contributed by atoms with Crippen LogP contribution in [0.2, 0.25) is 0 Å². The second-order valence-corrected chi connectivity index (χ2v) is 13.3. The zero-order valence-electron chi connectivity index (χ0n) is 19.9. The third-order valence-corrected chi connectivity index (χ3v) is 11.2. The number of carbonyl (C=O) groups excluding carboxylic acids is 2. The van der Waals surface area contributed by atoms with Gasteiger partial charge in [-0.05, 0) is 127 Å². The number of ether oxygens (including phenoxy) is 2. The highest BCUT2D eigenvalue weighted by atomic mass is 16.6. The van der Waals surface area contributed by atoms with Crippen molar-refractivity contribution in [3.05, 3.63) is 0 Å². The van der Waals surface area contributed by atoms with Gasteiger partial charge in [0.25, 0.3) is 0 Å². The van der Waals surface area contributed by atoms with Gasteiger partial charge in [0.05, 0.1) is 10.8 Å². The number of rotatable bonds is 5. The Morgan fingerprint density at radius 2 is 1.26 bits per heavy atom. The molecule has 0 saturated heterocycles. The minimum atomic E-state index is -0.398. The van der Waals surface area contributed by atoms with Crippen LogP contribution in [0.3, 0.4) is 0 Å². The van der Waals surface area contributed by atoms with E-state index in [1.165, 1.54) is 12.8 Å². The van der Waals surface area contributed by atoms with E-state index >= 15 is 0 Å². The lowest BCUT2D eigenvalue weighted by atomic mass is 9.32. The molecule has 8 aliphatic carbocycles. The molecule has 0 aromatic heterocycles. The first kappa shape index (κ1) is 20.5. The summed E-state index contributed by atoms with van der Waals surface area (Å²) >= 11 is 0. The van der Waals surface area contributed by atoms with E-state index in [0.717, 1.165) is 57.8 Å². The Bertz CT molecular complexity index is 741. The third-order valence-electron chi connectivity index (χ3n) is 11.2. The Labute approximate surface area is 187 Å². The maximum atomic E-state index is 13.6. The first-order chi connectivity index (χ1) is 14.6. The maximum absolute atomic E-state index is 13.6. The molecule has 0 aromatic rings. The predicted octanol–water partition coefficient (Wildman–Crippen LogP) is 5.67. The fraction of sp³-hybridized carbons (Fsp3) is 0.926. The molecule has 0 amide bonds. The van der Waals surface area contributed by atoms with Gasteiger partial charge >= 0.3 is 11.9 Å². The molecule has 0 unspecified atom stereocenters. The van der Waals surface area contributed by atoms with Crippen molar-refractivity contribution in [1.82, 2.24) is 0 Å². The highest BCUT2D eigenvalue weighted by Crippen LogP contribution is 2.75. The lowest BCUT2D eigenvalue weighted by Gasteiger charge is -2.73. The van der Waals surface area contributed by atoms with E-state index in [0.29, 0.717) is 35.5 Å². The van der Waals surface area contributed by atoms with Crippen LogP contribution in [0.15, 0.2) is 0 Å². The van der Waals surface area contributed by atoms with E-state index in [2.05, 4.69) is 13.8 Å². The zero-order valence-corrected chi connectivity index (χ0v) is 19.9. The summed E-state index contributed by atoms with van der Waals surface area (Å²) in [7, 11) is 0. The molecule has 0 spiro atoms. The Morgan fingerprint density at radius 1 is 0.806 bits per heavy atom. The average molecular weight is 429 g/mol. The van der Waals surface area contributed by atoms with Gasteiger partial charge in [0, 0.05) is 0 Å². The molecule has 8 rings (SSSR count). The summed E-state index contributed by atoms with van der Waals surface area (Å²) in [6.07, 6.45) is 11.4. The number of carbonyl (C=O) groups is 2. The van der Waals surface area contributed by atoms with E-state index in [4.69, 9.17) is 9.47 Å². The average Bonchev–Trinajstić information content (AvgIpc) is 3.16. The van der Waals surface area contributed by atoms with Crippen LogP contribution in [-0.2, 0) is 19.1 Å². The summed E-state index contributed by atoms with van der Waals surface area (Å²) in [6, 6.07) is 0. The van der Waals surface area contributed by atoms with Gasteiger partial charge in [-0.15, -0.1) is 0 Å². The van der Waals surface area contributed by atoms with Crippen molar-refractivity contribution in [2.45, 2.75) is 110 Å². The van der Waals surface area contributed by atoms with Crippen molar-refractivity contribution in [3.8, 4) is 0 Å². The third kappa shape index (κ3) is 2.78. The normalized spacial score (nSPS) is 48.3. The minimum absolute atomic E-state index is 0.00143. The van der Waals surface area contributed by atoms with Crippen molar-refractivity contribution < 1.29 is 19.1 Å². The highest BCUT2D eigenvalue weighted by Gasteiger charge is 2.73. The van der Waals surface area contributed by atoms with Crippen LogP contribution in [0.25, 0.3) is 0 Å². The molecule has 172 valence electrons. The second kappa shape index (κ2) is 6.29. The summed E-state index contributed by atoms with van der Waals surface area (Å²) in [5, 5.41) is 0. The predicted molar refractivity (Wildman–Crippen MR) is 117 cm³/mol. The molecular weight excluding hydrogens is 388 g/mol. The smallest absolute Gasteiger partial charge is 0.312 e. The lowest BCUT2D eigenvalue weighted by molar-refractivity contribution is -0.283. The number of hydrogen-bond donors (Lipinski definition) is 0. The molecule has 0 heterocycles. The van der Waals surface area contributed by atoms with Gasteiger partial charge in [0.1, 0.15) is 11.2 Å². The standard InChI is InChI=1S/C27H40O4/c1-5-24(2,3)22(28)31-27-13-19-16-10-26(23(29)30-25(4)8-6-7-9-25)11-17(19)21(15-27)18(12-26)20(16)14-27/h16-21H,5-15H2,1-4H3. The zero-order chi connectivity index (χ0) is 21.8. The van der Waals surface area contributed by atoms with Gasteiger partial charge in [-0.1, -0.05) is 6.92 Å². The van der Waals surface area contributed by atoms with Crippen molar-refractivity contribution in [2.24, 2.45) is 46.3 Å². The maximum Gasteiger partial charge on any atom is 0.312 e. The molecule has 0 radical (unpaired) electrons. The van der Waals surface area contributed by atoms with Crippen LogP contribution in [0.1, 0.15) is 98.3 Å². The summed E-state index contributed by atoms with van der Waals surface area (Å²) in [5.41, 5.74) is -1.05. The Balaban J connectivity index is 1.23. The van der Waals surface area contributed by atoms with Crippen LogP contribution >= 0.6 is 0 Å². The van der Waals surface area contributed by atoms with Crippen molar-refractivity contribution in [2.75, 3.05) is 0 Å². The van der Waals surface area contributed by atoms with Crippen LogP contribution in [-0.4, -0.2) is 23.1 Å². The minimum Gasteiger partial charge on any atom is -0.459 e. The molecule has 31 heavy (non-hydrogen) atoms. The molecular formula is C27H40O4. The van der Waals surface area contributed by atoms with Crippen LogP contribution in [0.5, 0.6) is 0 Å². The van der Waals surface area contributed by atoms with E-state index in [1.807, 2.05) is 13.8 Å². The lowest BCUT2D eigenvalue weighted by Crippen LogP contribution is -2.71. The monoisotopic (exact) mass is 428 g/mol. The first-order valence-electron chi connectivity index (χ1n) is 13.1. The Morgan fingerprint density at radius 3 is 1.71 bits per heavy atom. The van der Waals surface area contributed by atoms with Crippen LogP contribution in [0.4, 0.5) is 0 Å². The van der Waals surface area contributed by atoms with Gasteiger partial charge in [-0.2, -0.15) is 0 Å². The van der Waals surface area contributed by atoms with Crippen molar-refractivity contribution in [1.29, 1.82) is 0 Å². The number of hydrogen-bond acceptors (Lipinski definition) is 4. The Hall–Kier alpha value is -1.06. The fourth-order valence-electron chi connectivity index (χ4n) is 9.27. The van der Waals surface area contributed by atoms with E-state index in [-0.39, 0.29) is 28.6 Å². The van der Waals surface area contributed by atoms with Gasteiger partial charge in [0.15, 0.2) is 0 Å². The van der Waals surface area contributed by atoms with E-state index in [9.17, 15) is 9.59 Å². The molecule has 8 aliphatic rings. The SMILES string of the molecule is CCC(C)(C)C(=O)OC12CC3C4CC5(C(=O)OC6(C)CCCC6)CC3C(C1)C(C5)C4C2. The summed E-state index contributed by atoms with van der Waals surface area (Å²) in [6.45, 7) is 8.26. The van der Waals surface area contributed by atoms with Crippen molar-refractivity contribution in [3.63, 3.8) is 0 Å². The molecule has 8 fully saturated rings. The largest absolute Gasteiger partial charge is 0.459 e. The first-order valence-corrected chi connectivity index (χ1v) is 13.1. The fourth-order valence-corrected chi connectivity index (χ4v) is 9.27. The van der Waals surface area contributed by atoms with Crippen molar-refractivity contribution >= 4 is 11.9 Å². The van der Waals surface area contributed by atoms with E-state index in [1.54, 1.807) is 0 Å². The molecule has 4 nitrogen and oxygen atoms in total. The van der Waals surface area contributed by atoms with Gasteiger partial charge in [-0.25, -0.2) is 0 Å². The molecule has 0 N–H and O–H groups in total. The summed E-state index contributed by atoms with van der Waals surface area (Å²) in [5.74, 6) is 4.00. The van der Waals surface area contributed by atoms with Crippen LogP contribution in [0, 0.1) is 46.3 Å². The quantitative estimate of drug-likeness (QED) is 0.529. The molecule has 0 aliphatic heterocycles. The topological polar surface area (TPSA) is 52.6 Å². The molecule has 8 bridgehead atoms. The molecule has 4 heteroatoms. The molecule has 0 aromatic carbocycles. The van der Waals surface area contributed by atoms with Crippen LogP contribution < -0.4 is 0 Å². The Kier molecular flexibility index (Phi) is 4.17. The van der Waals surface area contributed by atoms with Gasteiger partial charge in [0.2, 0.25) is 0 Å². The van der Waals surface area contributed by atoms with Gasteiger partial charge in [-0.3, -0.25) is 9.59 Å². The molecule has 0 atom stereocenters. The number of esters is 2. The summed E-state index contributed by atoms with van der Waals surface area (Å²) < 4.78 is 12.6. The summed E-state index contributed by atoms with van der Waals surface area (Å²) in [4.78, 5) is 26.5.